The van der Waals surface area contributed by atoms with E-state index in [0.29, 0.717) is 11.7 Å². The van der Waals surface area contributed by atoms with E-state index >= 15 is 0 Å². The van der Waals surface area contributed by atoms with Crippen molar-refractivity contribution < 1.29 is 4.74 Å². The molecule has 5 nitrogen and oxygen atoms in total. The van der Waals surface area contributed by atoms with Gasteiger partial charge in [-0.05, 0) is 11.6 Å². The van der Waals surface area contributed by atoms with Crippen molar-refractivity contribution in [3.63, 3.8) is 0 Å². The van der Waals surface area contributed by atoms with Crippen LogP contribution in [0.3, 0.4) is 0 Å². The molecule has 0 bridgehead atoms. The highest BCUT2D eigenvalue weighted by Gasteiger charge is 1.99. The third kappa shape index (κ3) is 2.50. The van der Waals surface area contributed by atoms with Crippen molar-refractivity contribution in [2.75, 3.05) is 12.4 Å². The molecule has 2 heterocycles. The van der Waals surface area contributed by atoms with Gasteiger partial charge >= 0.3 is 0 Å². The van der Waals surface area contributed by atoms with Crippen LogP contribution in [0.2, 0.25) is 0 Å². The van der Waals surface area contributed by atoms with Gasteiger partial charge < -0.3 is 14.6 Å². The van der Waals surface area contributed by atoms with E-state index in [4.69, 9.17) is 4.74 Å². The minimum absolute atomic E-state index is 0.512. The Labute approximate surface area is 94.1 Å². The quantitative estimate of drug-likeness (QED) is 0.843. The molecule has 0 spiro atoms. The van der Waals surface area contributed by atoms with Crippen molar-refractivity contribution in [3.8, 4) is 5.88 Å². The number of nitrogens with zero attached hydrogens (tertiary/aromatic N) is 3. The lowest BCUT2D eigenvalue weighted by Crippen LogP contribution is -2.02. The second-order valence-electron chi connectivity index (χ2n) is 3.49. The summed E-state index contributed by atoms with van der Waals surface area (Å²) in [6, 6.07) is 2.06. The molecule has 16 heavy (non-hydrogen) atoms. The molecule has 2 aromatic heterocycles. The van der Waals surface area contributed by atoms with Gasteiger partial charge in [-0.25, -0.2) is 0 Å². The van der Waals surface area contributed by atoms with Gasteiger partial charge in [0.2, 0.25) is 5.88 Å². The molecule has 0 aliphatic carbocycles. The lowest BCUT2D eigenvalue weighted by molar-refractivity contribution is 0.396. The number of hydrogen-bond acceptors (Lipinski definition) is 4. The molecule has 0 aliphatic heterocycles. The van der Waals surface area contributed by atoms with Crippen LogP contribution in [0.1, 0.15) is 5.56 Å². The summed E-state index contributed by atoms with van der Waals surface area (Å²) in [6.07, 6.45) is 7.31. The van der Waals surface area contributed by atoms with E-state index < -0.39 is 0 Å². The van der Waals surface area contributed by atoms with E-state index in [1.54, 1.807) is 19.5 Å². The zero-order valence-corrected chi connectivity index (χ0v) is 9.34. The monoisotopic (exact) mass is 218 g/mol. The normalized spacial score (nSPS) is 10.1. The first-order valence-electron chi connectivity index (χ1n) is 4.98. The Morgan fingerprint density at radius 1 is 1.44 bits per heavy atom. The Morgan fingerprint density at radius 2 is 2.31 bits per heavy atom. The number of rotatable bonds is 4. The topological polar surface area (TPSA) is 52.0 Å². The number of nitrogens with one attached hydrogen (secondary N) is 1. The van der Waals surface area contributed by atoms with Crippen LogP contribution in [0, 0.1) is 0 Å². The van der Waals surface area contributed by atoms with Crippen molar-refractivity contribution in [2.24, 2.45) is 7.05 Å². The average Bonchev–Trinajstić information content (AvgIpc) is 2.73. The second-order valence-corrected chi connectivity index (χ2v) is 3.49. The minimum Gasteiger partial charge on any atom is -0.480 e. The second kappa shape index (κ2) is 4.65. The number of ether oxygens (including phenoxy) is 1. The molecule has 0 saturated carbocycles. The van der Waals surface area contributed by atoms with Crippen LogP contribution in [0.15, 0.2) is 30.9 Å². The Balaban J connectivity index is 1.99. The predicted octanol–water partition coefficient (Wildman–Crippen LogP) is 1.44. The van der Waals surface area contributed by atoms with Gasteiger partial charge in [0.25, 0.3) is 0 Å². The van der Waals surface area contributed by atoms with Crippen molar-refractivity contribution in [1.82, 2.24) is 14.5 Å². The summed E-state index contributed by atoms with van der Waals surface area (Å²) in [5, 5.41) is 3.18. The summed E-state index contributed by atoms with van der Waals surface area (Å²) >= 11 is 0. The summed E-state index contributed by atoms with van der Waals surface area (Å²) in [7, 11) is 3.57. The Hall–Kier alpha value is -2.04. The molecule has 0 radical (unpaired) electrons. The fraction of sp³-hybridized carbons (Fsp3) is 0.273. The summed E-state index contributed by atoms with van der Waals surface area (Å²) in [6.45, 7) is 0.725. The Kier molecular flexibility index (Phi) is 3.05. The van der Waals surface area contributed by atoms with E-state index in [9.17, 15) is 0 Å². The van der Waals surface area contributed by atoms with Crippen molar-refractivity contribution in [1.29, 1.82) is 0 Å². The van der Waals surface area contributed by atoms with Crippen LogP contribution in [-0.2, 0) is 13.6 Å². The molecule has 0 aromatic carbocycles. The van der Waals surface area contributed by atoms with E-state index in [1.165, 1.54) is 5.56 Å². The molecule has 2 rings (SSSR count). The maximum Gasteiger partial charge on any atom is 0.233 e. The largest absolute Gasteiger partial charge is 0.480 e. The SMILES string of the molecule is COc1cncc(NCc2ccn(C)c2)n1. The molecule has 2 aromatic rings. The highest BCUT2D eigenvalue weighted by molar-refractivity contribution is 5.34. The van der Waals surface area contributed by atoms with Crippen LogP contribution in [0.25, 0.3) is 0 Å². The van der Waals surface area contributed by atoms with Gasteiger partial charge in [-0.15, -0.1) is 0 Å². The third-order valence-electron chi connectivity index (χ3n) is 2.19. The van der Waals surface area contributed by atoms with Crippen LogP contribution in [0.4, 0.5) is 5.82 Å². The zero-order chi connectivity index (χ0) is 11.4. The van der Waals surface area contributed by atoms with Gasteiger partial charge in [0.1, 0.15) is 5.82 Å². The number of hydrogen-bond donors (Lipinski definition) is 1. The van der Waals surface area contributed by atoms with Gasteiger partial charge in [-0.1, -0.05) is 0 Å². The zero-order valence-electron chi connectivity index (χ0n) is 9.34. The van der Waals surface area contributed by atoms with Crippen LogP contribution in [0.5, 0.6) is 5.88 Å². The van der Waals surface area contributed by atoms with Crippen LogP contribution >= 0.6 is 0 Å². The maximum atomic E-state index is 4.99. The van der Waals surface area contributed by atoms with E-state index in [-0.39, 0.29) is 0 Å². The third-order valence-corrected chi connectivity index (χ3v) is 2.19. The summed E-state index contributed by atoms with van der Waals surface area (Å²) in [5.41, 5.74) is 1.20. The minimum atomic E-state index is 0.512. The van der Waals surface area contributed by atoms with Crippen molar-refractivity contribution >= 4 is 5.82 Å². The van der Waals surface area contributed by atoms with E-state index in [2.05, 4.69) is 27.5 Å². The number of methoxy groups -OCH3 is 1. The van der Waals surface area contributed by atoms with Crippen LogP contribution in [-0.4, -0.2) is 21.6 Å². The molecule has 0 fully saturated rings. The molecule has 0 aliphatic rings. The fourth-order valence-corrected chi connectivity index (χ4v) is 1.39. The van der Waals surface area contributed by atoms with Crippen molar-refractivity contribution in [3.05, 3.63) is 36.4 Å². The van der Waals surface area contributed by atoms with Crippen molar-refractivity contribution in [2.45, 2.75) is 6.54 Å². The maximum absolute atomic E-state index is 4.99. The van der Waals surface area contributed by atoms with Crippen LogP contribution < -0.4 is 10.1 Å². The summed E-state index contributed by atoms with van der Waals surface area (Å²) in [4.78, 5) is 8.23. The molecule has 84 valence electrons. The van der Waals surface area contributed by atoms with Gasteiger partial charge in [0.15, 0.2) is 0 Å². The molecular formula is C11H14N4O. The lowest BCUT2D eigenvalue weighted by atomic mass is 10.3. The molecule has 0 atom stereocenters. The highest BCUT2D eigenvalue weighted by atomic mass is 16.5. The van der Waals surface area contributed by atoms with Gasteiger partial charge in [-0.3, -0.25) is 4.98 Å². The molecule has 0 unspecified atom stereocenters. The number of aryl methyl sites for hydroxylation is 1. The number of anilines is 1. The van der Waals surface area contributed by atoms with Gasteiger partial charge in [0.05, 0.1) is 19.5 Å². The lowest BCUT2D eigenvalue weighted by Gasteiger charge is -2.04. The summed E-state index contributed by atoms with van der Waals surface area (Å²) in [5.74, 6) is 1.22. The standard InChI is InChI=1S/C11H14N4O/c1-15-4-3-9(8-15)5-13-10-6-12-7-11(14-10)16-2/h3-4,6-8H,5H2,1-2H3,(H,13,14). The molecule has 1 N–H and O–H groups in total. The molecular weight excluding hydrogens is 204 g/mol. The highest BCUT2D eigenvalue weighted by Crippen LogP contribution is 2.09. The fourth-order valence-electron chi connectivity index (χ4n) is 1.39. The van der Waals surface area contributed by atoms with Gasteiger partial charge in [-0.2, -0.15) is 4.98 Å². The van der Waals surface area contributed by atoms with E-state index in [0.717, 1.165) is 6.54 Å². The first-order valence-corrected chi connectivity index (χ1v) is 4.98. The first kappa shape index (κ1) is 10.5. The molecule has 5 heteroatoms. The molecule has 0 saturated heterocycles. The Morgan fingerprint density at radius 3 is 3.00 bits per heavy atom. The predicted molar refractivity (Wildman–Crippen MR) is 61.3 cm³/mol. The number of aromatic nitrogens is 3. The molecule has 0 amide bonds. The average molecular weight is 218 g/mol. The van der Waals surface area contributed by atoms with E-state index in [1.807, 2.05) is 17.8 Å². The summed E-state index contributed by atoms with van der Waals surface area (Å²) < 4.78 is 7.00. The van der Waals surface area contributed by atoms with Gasteiger partial charge in [0, 0.05) is 26.0 Å². The first-order chi connectivity index (χ1) is 7.78. The Bertz CT molecular complexity index is 467. The smallest absolute Gasteiger partial charge is 0.233 e.